The van der Waals surface area contributed by atoms with Crippen LogP contribution in [0.25, 0.3) is 0 Å². The minimum absolute atomic E-state index is 0.158. The van der Waals surface area contributed by atoms with Crippen molar-refractivity contribution in [3.05, 3.63) is 71.8 Å². The summed E-state index contributed by atoms with van der Waals surface area (Å²) in [6.07, 6.45) is 0. The molecule has 0 aromatic heterocycles. The lowest BCUT2D eigenvalue weighted by Crippen LogP contribution is -2.24. The normalized spacial score (nSPS) is 11.3. The van der Waals surface area contributed by atoms with Crippen LogP contribution in [0.2, 0.25) is 0 Å². The van der Waals surface area contributed by atoms with Crippen LogP contribution < -0.4 is 0 Å². The maximum Gasteiger partial charge on any atom is 0.345 e. The van der Waals surface area contributed by atoms with Gasteiger partial charge in [-0.15, -0.1) is 0 Å². The molecule has 0 heterocycles. The zero-order valence-corrected chi connectivity index (χ0v) is 12.6. The molecule has 118 valence electrons. The summed E-state index contributed by atoms with van der Waals surface area (Å²) in [5, 5.41) is 0. The van der Waals surface area contributed by atoms with Crippen molar-refractivity contribution in [3.63, 3.8) is 0 Å². The number of hydrogen-bond donors (Lipinski definition) is 0. The summed E-state index contributed by atoms with van der Waals surface area (Å²) < 4.78 is 9.81. The maximum atomic E-state index is 11.8. The van der Waals surface area contributed by atoms with E-state index in [1.165, 1.54) is 6.92 Å². The second-order valence-corrected chi connectivity index (χ2v) is 4.94. The second kappa shape index (κ2) is 7.89. The lowest BCUT2D eigenvalue weighted by atomic mass is 10.2. The molecule has 0 fully saturated rings. The van der Waals surface area contributed by atoms with Crippen molar-refractivity contribution < 1.29 is 23.9 Å². The van der Waals surface area contributed by atoms with E-state index in [0.717, 1.165) is 0 Å². The van der Waals surface area contributed by atoms with Crippen LogP contribution in [-0.4, -0.2) is 24.5 Å². The van der Waals surface area contributed by atoms with E-state index >= 15 is 0 Å². The van der Waals surface area contributed by atoms with Gasteiger partial charge in [-0.25, -0.2) is 9.59 Å². The first-order valence-electron chi connectivity index (χ1n) is 7.11. The molecule has 0 saturated carbocycles. The minimum atomic E-state index is -0.740. The molecule has 2 rings (SSSR count). The van der Waals surface area contributed by atoms with Crippen LogP contribution in [0.4, 0.5) is 0 Å². The van der Waals surface area contributed by atoms with Gasteiger partial charge < -0.3 is 9.47 Å². The van der Waals surface area contributed by atoms with Gasteiger partial charge in [0, 0.05) is 0 Å². The largest absolute Gasteiger partial charge is 0.461 e. The number of ether oxygens (including phenoxy) is 2. The molecule has 0 bridgehead atoms. The van der Waals surface area contributed by atoms with Crippen molar-refractivity contribution >= 4 is 17.9 Å². The monoisotopic (exact) mass is 312 g/mol. The highest BCUT2D eigenvalue weighted by Gasteiger charge is 2.21. The molecular weight excluding hydrogens is 296 g/mol. The summed E-state index contributed by atoms with van der Waals surface area (Å²) in [5.74, 6) is -2.73. The van der Waals surface area contributed by atoms with E-state index < -0.39 is 23.8 Å². The highest BCUT2D eigenvalue weighted by Crippen LogP contribution is 2.08. The first-order chi connectivity index (χ1) is 11.1. The van der Waals surface area contributed by atoms with E-state index in [1.54, 1.807) is 60.7 Å². The van der Waals surface area contributed by atoms with E-state index in [9.17, 15) is 14.4 Å². The van der Waals surface area contributed by atoms with Gasteiger partial charge >= 0.3 is 17.9 Å². The van der Waals surface area contributed by atoms with Crippen molar-refractivity contribution in [2.45, 2.75) is 6.92 Å². The topological polar surface area (TPSA) is 69.7 Å². The Morgan fingerprint density at radius 3 is 1.83 bits per heavy atom. The third-order valence-corrected chi connectivity index (χ3v) is 3.08. The number of carbonyl (C=O) groups excluding carboxylic acids is 3. The fourth-order valence-electron chi connectivity index (χ4n) is 1.75. The zero-order valence-electron chi connectivity index (χ0n) is 12.6. The average molecular weight is 312 g/mol. The highest BCUT2D eigenvalue weighted by atomic mass is 16.6. The minimum Gasteiger partial charge on any atom is -0.461 e. The maximum absolute atomic E-state index is 11.8. The summed E-state index contributed by atoms with van der Waals surface area (Å²) in [4.78, 5) is 35.4. The van der Waals surface area contributed by atoms with Gasteiger partial charge in [0.15, 0.2) is 0 Å². The van der Waals surface area contributed by atoms with Crippen LogP contribution >= 0.6 is 0 Å². The summed E-state index contributed by atoms with van der Waals surface area (Å²) in [5.41, 5.74) is 0.683. The van der Waals surface area contributed by atoms with Crippen LogP contribution in [0.5, 0.6) is 0 Å². The molecule has 0 aliphatic rings. The van der Waals surface area contributed by atoms with Crippen molar-refractivity contribution in [1.29, 1.82) is 0 Å². The zero-order chi connectivity index (χ0) is 16.7. The van der Waals surface area contributed by atoms with Gasteiger partial charge in [0.2, 0.25) is 0 Å². The molecule has 5 heteroatoms. The van der Waals surface area contributed by atoms with Crippen molar-refractivity contribution in [3.8, 4) is 0 Å². The number of rotatable bonds is 5. The molecule has 0 aliphatic carbocycles. The molecular formula is C18H16O5. The van der Waals surface area contributed by atoms with Crippen LogP contribution in [0.1, 0.15) is 27.6 Å². The second-order valence-electron chi connectivity index (χ2n) is 4.94. The molecule has 1 unspecified atom stereocenters. The first-order valence-corrected chi connectivity index (χ1v) is 7.11. The van der Waals surface area contributed by atoms with Crippen LogP contribution in [-0.2, 0) is 14.3 Å². The van der Waals surface area contributed by atoms with Crippen LogP contribution in [0.3, 0.4) is 0 Å². The molecule has 0 saturated heterocycles. The van der Waals surface area contributed by atoms with E-state index in [2.05, 4.69) is 0 Å². The smallest absolute Gasteiger partial charge is 0.345 e. The van der Waals surface area contributed by atoms with Gasteiger partial charge in [-0.1, -0.05) is 36.4 Å². The standard InChI is InChI=1S/C18H16O5/c1-13(12-22-17(20)14-8-4-2-5-9-14)16(19)23-18(21)15-10-6-3-7-11-15/h2-11,13H,12H2,1H3. The lowest BCUT2D eigenvalue weighted by molar-refractivity contribution is -0.143. The SMILES string of the molecule is CC(COC(=O)c1ccccc1)C(=O)OC(=O)c1ccccc1. The molecule has 0 amide bonds. The third-order valence-electron chi connectivity index (χ3n) is 3.08. The Morgan fingerprint density at radius 1 is 0.826 bits per heavy atom. The molecule has 5 nitrogen and oxygen atoms in total. The lowest BCUT2D eigenvalue weighted by Gasteiger charge is -2.11. The summed E-state index contributed by atoms with van der Waals surface area (Å²) in [6.45, 7) is 1.37. The predicted molar refractivity (Wildman–Crippen MR) is 82.8 cm³/mol. The quantitative estimate of drug-likeness (QED) is 0.627. The Kier molecular flexibility index (Phi) is 5.63. The molecule has 2 aromatic carbocycles. The fraction of sp³-hybridized carbons (Fsp3) is 0.167. The summed E-state index contributed by atoms with van der Waals surface area (Å²) >= 11 is 0. The van der Waals surface area contributed by atoms with Gasteiger partial charge in [0.1, 0.15) is 6.61 Å². The predicted octanol–water partition coefficient (Wildman–Crippen LogP) is 2.86. The molecule has 0 radical (unpaired) electrons. The van der Waals surface area contributed by atoms with Crippen molar-refractivity contribution in [2.75, 3.05) is 6.61 Å². The fourth-order valence-corrected chi connectivity index (χ4v) is 1.75. The van der Waals surface area contributed by atoms with Crippen LogP contribution in [0, 0.1) is 5.92 Å². The third kappa shape index (κ3) is 4.78. The number of benzene rings is 2. The molecule has 2 aromatic rings. The summed E-state index contributed by atoms with van der Waals surface area (Å²) in [6, 6.07) is 16.6. The summed E-state index contributed by atoms with van der Waals surface area (Å²) in [7, 11) is 0. The van der Waals surface area contributed by atoms with Gasteiger partial charge in [-0.3, -0.25) is 4.79 Å². The average Bonchev–Trinajstić information content (AvgIpc) is 2.60. The molecule has 0 N–H and O–H groups in total. The van der Waals surface area contributed by atoms with Crippen molar-refractivity contribution in [1.82, 2.24) is 0 Å². The Hall–Kier alpha value is -2.95. The van der Waals surface area contributed by atoms with Crippen LogP contribution in [0.15, 0.2) is 60.7 Å². The van der Waals surface area contributed by atoms with Gasteiger partial charge in [-0.05, 0) is 31.2 Å². The molecule has 0 spiro atoms. The Labute approximate surface area is 133 Å². The Morgan fingerprint density at radius 2 is 1.30 bits per heavy atom. The number of carbonyl (C=O) groups is 3. The molecule has 1 atom stereocenters. The number of hydrogen-bond acceptors (Lipinski definition) is 5. The van der Waals surface area contributed by atoms with E-state index in [-0.39, 0.29) is 12.2 Å². The van der Waals surface area contributed by atoms with E-state index in [1.807, 2.05) is 0 Å². The van der Waals surface area contributed by atoms with E-state index in [0.29, 0.717) is 5.56 Å². The molecule has 23 heavy (non-hydrogen) atoms. The Bertz CT molecular complexity index is 679. The first kappa shape index (κ1) is 16.4. The van der Waals surface area contributed by atoms with Gasteiger partial charge in [0.05, 0.1) is 17.0 Å². The van der Waals surface area contributed by atoms with Gasteiger partial charge in [0.25, 0.3) is 0 Å². The van der Waals surface area contributed by atoms with Gasteiger partial charge in [-0.2, -0.15) is 0 Å². The van der Waals surface area contributed by atoms with E-state index in [4.69, 9.17) is 9.47 Å². The Balaban J connectivity index is 1.83. The molecule has 0 aliphatic heterocycles. The number of esters is 3. The highest BCUT2D eigenvalue weighted by molar-refractivity contribution is 5.97. The van der Waals surface area contributed by atoms with Crippen molar-refractivity contribution in [2.24, 2.45) is 5.92 Å².